The fraction of sp³-hybridized carbons (Fsp3) is 0.167. The molecular formula is C18H16O. The van der Waals surface area contributed by atoms with Crippen molar-refractivity contribution < 1.29 is 0 Å². The normalized spacial score (nSPS) is 11.3. The molecule has 19 heavy (non-hydrogen) atoms. The van der Waals surface area contributed by atoms with Gasteiger partial charge in [-0.3, -0.25) is 4.79 Å². The zero-order valence-corrected chi connectivity index (χ0v) is 11.2. The van der Waals surface area contributed by atoms with E-state index in [1.165, 1.54) is 5.56 Å². The minimum absolute atomic E-state index is 0.117. The van der Waals surface area contributed by atoms with Crippen molar-refractivity contribution in [3.63, 3.8) is 0 Å². The van der Waals surface area contributed by atoms with Crippen molar-refractivity contribution in [1.82, 2.24) is 0 Å². The van der Waals surface area contributed by atoms with E-state index in [2.05, 4.69) is 26.0 Å². The molecule has 0 atom stereocenters. The van der Waals surface area contributed by atoms with Crippen LogP contribution in [-0.4, -0.2) is 0 Å². The summed E-state index contributed by atoms with van der Waals surface area (Å²) < 4.78 is 0. The van der Waals surface area contributed by atoms with Crippen molar-refractivity contribution in [1.29, 1.82) is 0 Å². The van der Waals surface area contributed by atoms with Crippen molar-refractivity contribution in [2.45, 2.75) is 19.8 Å². The Morgan fingerprint density at radius 3 is 2.26 bits per heavy atom. The Balaban J connectivity index is 2.47. The SMILES string of the molecule is CC(C)c1ccc2c(=O)c3ccccc3ccc2c1. The molecule has 0 unspecified atom stereocenters. The van der Waals surface area contributed by atoms with E-state index in [0.717, 1.165) is 21.5 Å². The van der Waals surface area contributed by atoms with Gasteiger partial charge in [0.1, 0.15) is 0 Å². The summed E-state index contributed by atoms with van der Waals surface area (Å²) in [6.45, 7) is 4.33. The molecule has 3 aromatic carbocycles. The zero-order valence-electron chi connectivity index (χ0n) is 11.2. The Kier molecular flexibility index (Phi) is 2.83. The van der Waals surface area contributed by atoms with Gasteiger partial charge in [-0.05, 0) is 22.3 Å². The van der Waals surface area contributed by atoms with Crippen LogP contribution in [-0.2, 0) is 0 Å². The molecule has 0 aliphatic rings. The van der Waals surface area contributed by atoms with E-state index in [1.807, 2.05) is 42.5 Å². The summed E-state index contributed by atoms with van der Waals surface area (Å²) in [7, 11) is 0. The van der Waals surface area contributed by atoms with Crippen LogP contribution in [0.25, 0.3) is 21.5 Å². The molecule has 3 rings (SSSR count). The van der Waals surface area contributed by atoms with E-state index in [9.17, 15) is 4.79 Å². The maximum Gasteiger partial charge on any atom is 0.194 e. The minimum Gasteiger partial charge on any atom is -0.289 e. The molecule has 1 nitrogen and oxygen atoms in total. The number of fused-ring (bicyclic) bond motifs is 2. The van der Waals surface area contributed by atoms with Crippen LogP contribution >= 0.6 is 0 Å². The molecule has 0 aromatic heterocycles. The van der Waals surface area contributed by atoms with Gasteiger partial charge in [0.05, 0.1) is 0 Å². The Morgan fingerprint density at radius 2 is 1.47 bits per heavy atom. The Bertz CT molecular complexity index is 816. The lowest BCUT2D eigenvalue weighted by atomic mass is 10.0. The average Bonchev–Trinajstić information content (AvgIpc) is 2.57. The van der Waals surface area contributed by atoms with E-state index in [4.69, 9.17) is 0 Å². The first kappa shape index (κ1) is 11.9. The van der Waals surface area contributed by atoms with Crippen LogP contribution in [0.15, 0.2) is 59.4 Å². The maximum atomic E-state index is 12.6. The van der Waals surface area contributed by atoms with E-state index >= 15 is 0 Å². The monoisotopic (exact) mass is 248 g/mol. The smallest absolute Gasteiger partial charge is 0.194 e. The third-order valence-electron chi connectivity index (χ3n) is 3.63. The number of rotatable bonds is 1. The highest BCUT2D eigenvalue weighted by atomic mass is 16.1. The first-order valence-corrected chi connectivity index (χ1v) is 6.62. The molecule has 0 bridgehead atoms. The molecule has 0 spiro atoms. The quantitative estimate of drug-likeness (QED) is 0.620. The molecule has 0 aliphatic heterocycles. The molecule has 0 aliphatic carbocycles. The third-order valence-corrected chi connectivity index (χ3v) is 3.63. The van der Waals surface area contributed by atoms with Gasteiger partial charge in [-0.25, -0.2) is 0 Å². The van der Waals surface area contributed by atoms with Crippen molar-refractivity contribution in [2.75, 3.05) is 0 Å². The molecule has 3 aromatic rings. The topological polar surface area (TPSA) is 17.1 Å². The highest BCUT2D eigenvalue weighted by molar-refractivity contribution is 5.93. The van der Waals surface area contributed by atoms with Gasteiger partial charge in [-0.1, -0.05) is 68.4 Å². The summed E-state index contributed by atoms with van der Waals surface area (Å²) >= 11 is 0. The second kappa shape index (κ2) is 4.51. The van der Waals surface area contributed by atoms with Crippen molar-refractivity contribution in [2.24, 2.45) is 0 Å². The largest absolute Gasteiger partial charge is 0.289 e. The summed E-state index contributed by atoms with van der Waals surface area (Å²) in [4.78, 5) is 12.6. The van der Waals surface area contributed by atoms with Gasteiger partial charge < -0.3 is 0 Å². The van der Waals surface area contributed by atoms with E-state index in [0.29, 0.717) is 5.92 Å². The minimum atomic E-state index is 0.117. The van der Waals surface area contributed by atoms with Crippen molar-refractivity contribution in [3.8, 4) is 0 Å². The van der Waals surface area contributed by atoms with Gasteiger partial charge in [-0.15, -0.1) is 0 Å². The molecule has 0 heterocycles. The summed E-state index contributed by atoms with van der Waals surface area (Å²) in [5.41, 5.74) is 1.38. The fourth-order valence-corrected chi connectivity index (χ4v) is 2.46. The molecule has 94 valence electrons. The standard InChI is InChI=1S/C18H16O/c1-12(2)14-9-10-17-15(11-14)8-7-13-5-3-4-6-16(13)18(17)19/h3-12H,1-2H3. The lowest BCUT2D eigenvalue weighted by Gasteiger charge is -2.04. The van der Waals surface area contributed by atoms with Crippen LogP contribution in [0.1, 0.15) is 25.3 Å². The Labute approximate surface area is 112 Å². The van der Waals surface area contributed by atoms with Crippen LogP contribution in [0.4, 0.5) is 0 Å². The Morgan fingerprint density at radius 1 is 0.789 bits per heavy atom. The van der Waals surface area contributed by atoms with Crippen LogP contribution in [0.3, 0.4) is 0 Å². The van der Waals surface area contributed by atoms with Crippen LogP contribution in [0.2, 0.25) is 0 Å². The van der Waals surface area contributed by atoms with Gasteiger partial charge in [0.2, 0.25) is 0 Å². The first-order chi connectivity index (χ1) is 9.16. The van der Waals surface area contributed by atoms with Gasteiger partial charge >= 0.3 is 0 Å². The average molecular weight is 248 g/mol. The third kappa shape index (κ3) is 2.01. The summed E-state index contributed by atoms with van der Waals surface area (Å²) in [5.74, 6) is 0.472. The Hall–Kier alpha value is -2.15. The second-order valence-corrected chi connectivity index (χ2v) is 5.25. The summed E-state index contributed by atoms with van der Waals surface area (Å²) in [6, 6.07) is 18.0. The van der Waals surface area contributed by atoms with Gasteiger partial charge in [0.25, 0.3) is 0 Å². The molecule has 0 saturated carbocycles. The molecule has 1 heteroatoms. The molecule has 0 radical (unpaired) electrons. The zero-order chi connectivity index (χ0) is 13.4. The summed E-state index contributed by atoms with van der Waals surface area (Å²) in [5, 5.41) is 3.60. The number of hydrogen-bond donors (Lipinski definition) is 0. The fourth-order valence-electron chi connectivity index (χ4n) is 2.46. The predicted octanol–water partition coefficient (Wildman–Crippen LogP) is 4.48. The predicted molar refractivity (Wildman–Crippen MR) is 81.8 cm³/mol. The van der Waals surface area contributed by atoms with Gasteiger partial charge in [0.15, 0.2) is 5.43 Å². The maximum absolute atomic E-state index is 12.6. The second-order valence-electron chi connectivity index (χ2n) is 5.25. The number of benzene rings is 2. The van der Waals surface area contributed by atoms with Crippen molar-refractivity contribution in [3.05, 3.63) is 70.4 Å². The highest BCUT2D eigenvalue weighted by Crippen LogP contribution is 2.21. The molecule has 0 N–H and O–H groups in total. The highest BCUT2D eigenvalue weighted by Gasteiger charge is 2.04. The van der Waals surface area contributed by atoms with Crippen LogP contribution in [0.5, 0.6) is 0 Å². The lowest BCUT2D eigenvalue weighted by Crippen LogP contribution is -1.98. The van der Waals surface area contributed by atoms with Crippen molar-refractivity contribution >= 4 is 21.5 Å². The lowest BCUT2D eigenvalue weighted by molar-refractivity contribution is 0.869. The van der Waals surface area contributed by atoms with E-state index in [1.54, 1.807) is 0 Å². The van der Waals surface area contributed by atoms with Gasteiger partial charge in [0, 0.05) is 10.8 Å². The van der Waals surface area contributed by atoms with Crippen LogP contribution in [0, 0.1) is 0 Å². The van der Waals surface area contributed by atoms with Gasteiger partial charge in [-0.2, -0.15) is 0 Å². The van der Waals surface area contributed by atoms with E-state index < -0.39 is 0 Å². The number of hydrogen-bond acceptors (Lipinski definition) is 1. The van der Waals surface area contributed by atoms with Crippen LogP contribution < -0.4 is 5.43 Å². The molecule has 0 fully saturated rings. The molecular weight excluding hydrogens is 232 g/mol. The molecule has 0 amide bonds. The first-order valence-electron chi connectivity index (χ1n) is 6.62. The summed E-state index contributed by atoms with van der Waals surface area (Å²) in [6.07, 6.45) is 0. The molecule has 0 saturated heterocycles. The van der Waals surface area contributed by atoms with E-state index in [-0.39, 0.29) is 5.43 Å².